The third-order valence-electron chi connectivity index (χ3n) is 1.90. The number of nitrogen functional groups attached to an aromatic ring is 1. The number of nitrogens with two attached hydrogens (primary N) is 1. The molecule has 0 spiro atoms. The Kier molecular flexibility index (Phi) is 5.54. The van der Waals surface area contributed by atoms with E-state index in [0.717, 1.165) is 23.7 Å². The Morgan fingerprint density at radius 1 is 1.62 bits per heavy atom. The van der Waals surface area contributed by atoms with Crippen LogP contribution in [0.5, 0.6) is 0 Å². The Labute approximate surface area is 103 Å². The normalized spacial score (nSPS) is 12.4. The highest BCUT2D eigenvalue weighted by Crippen LogP contribution is 2.27. The van der Waals surface area contributed by atoms with E-state index in [-0.39, 0.29) is 11.2 Å². The summed E-state index contributed by atoms with van der Waals surface area (Å²) in [5, 5.41) is 10.7. The lowest BCUT2D eigenvalue weighted by Gasteiger charge is -2.09. The van der Waals surface area contributed by atoms with Crippen LogP contribution in [-0.4, -0.2) is 27.9 Å². The summed E-state index contributed by atoms with van der Waals surface area (Å²) in [5.41, 5.74) is 5.46. The molecule has 0 saturated heterocycles. The van der Waals surface area contributed by atoms with E-state index in [1.54, 1.807) is 0 Å². The first-order chi connectivity index (χ1) is 7.63. The van der Waals surface area contributed by atoms with E-state index in [9.17, 15) is 4.79 Å². The van der Waals surface area contributed by atoms with Gasteiger partial charge in [-0.25, -0.2) is 0 Å². The van der Waals surface area contributed by atoms with Crippen LogP contribution in [0.1, 0.15) is 26.7 Å². The smallest absolute Gasteiger partial charge is 0.233 e. The molecule has 0 fully saturated rings. The molecule has 1 unspecified atom stereocenters. The number of nitrogens with one attached hydrogen (secondary N) is 1. The number of carbonyl (C=O) groups is 1. The van der Waals surface area contributed by atoms with Gasteiger partial charge in [-0.15, -0.1) is 10.2 Å². The summed E-state index contributed by atoms with van der Waals surface area (Å²) < 4.78 is 0.732. The van der Waals surface area contributed by atoms with E-state index in [2.05, 4.69) is 22.4 Å². The van der Waals surface area contributed by atoms with Gasteiger partial charge in [0.05, 0.1) is 5.25 Å². The van der Waals surface area contributed by atoms with E-state index in [0.29, 0.717) is 5.13 Å². The molecule has 1 rings (SSSR count). The second kappa shape index (κ2) is 6.70. The molecule has 16 heavy (non-hydrogen) atoms. The molecule has 1 aromatic heterocycles. The number of unbranched alkanes of at least 4 members (excludes halogenated alkanes) is 1. The number of thioether (sulfide) groups is 1. The van der Waals surface area contributed by atoms with Crippen molar-refractivity contribution in [2.45, 2.75) is 36.3 Å². The van der Waals surface area contributed by atoms with Crippen molar-refractivity contribution in [2.75, 3.05) is 12.3 Å². The highest BCUT2D eigenvalue weighted by molar-refractivity contribution is 8.02. The molecule has 0 aliphatic heterocycles. The lowest BCUT2D eigenvalue weighted by Crippen LogP contribution is -2.31. The van der Waals surface area contributed by atoms with Gasteiger partial charge in [-0.2, -0.15) is 0 Å². The minimum Gasteiger partial charge on any atom is -0.374 e. The lowest BCUT2D eigenvalue weighted by molar-refractivity contribution is -0.120. The third-order valence-corrected chi connectivity index (χ3v) is 3.84. The van der Waals surface area contributed by atoms with Crippen molar-refractivity contribution >= 4 is 34.1 Å². The van der Waals surface area contributed by atoms with Gasteiger partial charge in [0.1, 0.15) is 0 Å². The van der Waals surface area contributed by atoms with Gasteiger partial charge in [0.2, 0.25) is 11.0 Å². The van der Waals surface area contributed by atoms with Crippen molar-refractivity contribution in [1.82, 2.24) is 15.5 Å². The van der Waals surface area contributed by atoms with E-state index in [4.69, 9.17) is 5.73 Å². The minimum atomic E-state index is -0.163. The van der Waals surface area contributed by atoms with Gasteiger partial charge in [0.25, 0.3) is 0 Å². The van der Waals surface area contributed by atoms with Crippen molar-refractivity contribution in [3.05, 3.63) is 0 Å². The van der Waals surface area contributed by atoms with E-state index >= 15 is 0 Å². The Bertz CT molecular complexity index is 342. The van der Waals surface area contributed by atoms with Crippen LogP contribution in [0.15, 0.2) is 4.34 Å². The molecule has 0 aliphatic rings. The molecule has 0 bridgehead atoms. The zero-order valence-electron chi connectivity index (χ0n) is 9.40. The van der Waals surface area contributed by atoms with Gasteiger partial charge in [-0.1, -0.05) is 36.4 Å². The molecule has 0 aliphatic carbocycles. The molecule has 3 N–H and O–H groups in total. The first-order valence-electron chi connectivity index (χ1n) is 5.16. The second-order valence-electron chi connectivity index (χ2n) is 3.31. The Morgan fingerprint density at radius 3 is 2.94 bits per heavy atom. The summed E-state index contributed by atoms with van der Waals surface area (Å²) in [6.45, 7) is 4.68. The largest absolute Gasteiger partial charge is 0.374 e. The molecular weight excluding hydrogens is 244 g/mol. The number of amides is 1. The number of hydrogen-bond donors (Lipinski definition) is 2. The van der Waals surface area contributed by atoms with Gasteiger partial charge in [0, 0.05) is 6.54 Å². The minimum absolute atomic E-state index is 0.0345. The first-order valence-corrected chi connectivity index (χ1v) is 6.86. The topological polar surface area (TPSA) is 80.9 Å². The standard InChI is InChI=1S/C9H16N4OS2/c1-3-4-5-11-7(14)6(2)15-9-13-12-8(10)16-9/h6H,3-5H2,1-2H3,(H2,10,12)(H,11,14). The molecule has 0 aromatic carbocycles. The summed E-state index contributed by atoms with van der Waals surface area (Å²) in [6.07, 6.45) is 2.09. The Balaban J connectivity index is 2.34. The van der Waals surface area contributed by atoms with Crippen molar-refractivity contribution in [3.8, 4) is 0 Å². The van der Waals surface area contributed by atoms with Gasteiger partial charge < -0.3 is 11.1 Å². The summed E-state index contributed by atoms with van der Waals surface area (Å²) >= 11 is 2.68. The van der Waals surface area contributed by atoms with Crippen molar-refractivity contribution in [1.29, 1.82) is 0 Å². The second-order valence-corrected chi connectivity index (χ2v) is 5.91. The molecule has 7 heteroatoms. The number of anilines is 1. The molecule has 1 amide bonds. The Morgan fingerprint density at radius 2 is 2.38 bits per heavy atom. The monoisotopic (exact) mass is 260 g/mol. The fourth-order valence-corrected chi connectivity index (χ4v) is 2.81. The molecule has 1 aromatic rings. The fourth-order valence-electron chi connectivity index (χ4n) is 1.00. The van der Waals surface area contributed by atoms with E-state index in [1.165, 1.54) is 23.1 Å². The predicted octanol–water partition coefficient (Wildman–Crippen LogP) is 1.52. The maximum atomic E-state index is 11.6. The van der Waals surface area contributed by atoms with Crippen LogP contribution in [0.2, 0.25) is 0 Å². The van der Waals surface area contributed by atoms with Crippen LogP contribution >= 0.6 is 23.1 Å². The number of nitrogens with zero attached hydrogens (tertiary/aromatic N) is 2. The molecule has 90 valence electrons. The van der Waals surface area contributed by atoms with Crippen LogP contribution < -0.4 is 11.1 Å². The summed E-state index contributed by atoms with van der Waals surface area (Å²) in [5.74, 6) is 0.0345. The highest BCUT2D eigenvalue weighted by atomic mass is 32.2. The average Bonchev–Trinajstić information content (AvgIpc) is 2.64. The molecular formula is C9H16N4OS2. The highest BCUT2D eigenvalue weighted by Gasteiger charge is 2.15. The average molecular weight is 260 g/mol. The SMILES string of the molecule is CCCCNC(=O)C(C)Sc1nnc(N)s1. The quantitative estimate of drug-likeness (QED) is 0.598. The maximum absolute atomic E-state index is 11.6. The van der Waals surface area contributed by atoms with Crippen molar-refractivity contribution < 1.29 is 4.79 Å². The third kappa shape index (κ3) is 4.36. The van der Waals surface area contributed by atoms with Gasteiger partial charge >= 0.3 is 0 Å². The zero-order chi connectivity index (χ0) is 12.0. The van der Waals surface area contributed by atoms with Crippen molar-refractivity contribution in [2.24, 2.45) is 0 Å². The summed E-state index contributed by atoms with van der Waals surface area (Å²) in [7, 11) is 0. The molecule has 1 atom stereocenters. The number of rotatable bonds is 6. The van der Waals surface area contributed by atoms with Crippen LogP contribution in [0, 0.1) is 0 Å². The van der Waals surface area contributed by atoms with E-state index in [1.807, 2.05) is 6.92 Å². The maximum Gasteiger partial charge on any atom is 0.233 e. The van der Waals surface area contributed by atoms with Gasteiger partial charge in [-0.3, -0.25) is 4.79 Å². The van der Waals surface area contributed by atoms with Crippen LogP contribution in [0.3, 0.4) is 0 Å². The summed E-state index contributed by atoms with van der Waals surface area (Å²) in [6, 6.07) is 0. The molecule has 1 heterocycles. The summed E-state index contributed by atoms with van der Waals surface area (Å²) in [4.78, 5) is 11.6. The number of hydrogen-bond acceptors (Lipinski definition) is 6. The molecule has 5 nitrogen and oxygen atoms in total. The molecule has 0 radical (unpaired) electrons. The van der Waals surface area contributed by atoms with Crippen LogP contribution in [0.25, 0.3) is 0 Å². The zero-order valence-corrected chi connectivity index (χ0v) is 11.0. The first kappa shape index (κ1) is 13.2. The lowest BCUT2D eigenvalue weighted by atomic mass is 10.3. The predicted molar refractivity (Wildman–Crippen MR) is 67.6 cm³/mol. The Hall–Kier alpha value is -0.820. The van der Waals surface area contributed by atoms with Gasteiger partial charge in [-0.05, 0) is 13.3 Å². The van der Waals surface area contributed by atoms with Crippen LogP contribution in [-0.2, 0) is 4.79 Å². The van der Waals surface area contributed by atoms with Crippen LogP contribution in [0.4, 0.5) is 5.13 Å². The number of carbonyl (C=O) groups excluding carboxylic acids is 1. The fraction of sp³-hybridized carbons (Fsp3) is 0.667. The van der Waals surface area contributed by atoms with Crippen molar-refractivity contribution in [3.63, 3.8) is 0 Å². The molecule has 0 saturated carbocycles. The van der Waals surface area contributed by atoms with E-state index < -0.39 is 0 Å². The number of aromatic nitrogens is 2. The van der Waals surface area contributed by atoms with Gasteiger partial charge in [0.15, 0.2) is 4.34 Å².